The SMILES string of the molecule is C=CC(=O)OCCCCCCOc1ccc(OC(=O)C2CCC(C(=O)Oc3ccc(C4CCC(C5CCC(CCC)CC5)CC4)cc3/C=N/N(CCOCCOC)c3nc4ccccc4s3)CC2)cc1. The summed E-state index contributed by atoms with van der Waals surface area (Å²) in [5.41, 5.74) is 2.92. The number of methoxy groups -OCH3 is 1. The number of anilines is 1. The van der Waals surface area contributed by atoms with Crippen LogP contribution in [0.5, 0.6) is 17.2 Å². The van der Waals surface area contributed by atoms with Crippen LogP contribution in [0, 0.1) is 29.6 Å². The molecule has 0 radical (unpaired) electrons. The predicted octanol–water partition coefficient (Wildman–Crippen LogP) is 12.7. The van der Waals surface area contributed by atoms with Gasteiger partial charge in [-0.1, -0.05) is 68.7 Å². The van der Waals surface area contributed by atoms with Crippen molar-refractivity contribution >= 4 is 50.8 Å². The monoisotopic (exact) mass is 978 g/mol. The molecule has 1 heterocycles. The third-order valence-corrected chi connectivity index (χ3v) is 15.7. The molecule has 3 saturated carbocycles. The Labute approximate surface area is 419 Å². The van der Waals surface area contributed by atoms with E-state index in [1.165, 1.54) is 75.8 Å². The molecule has 12 nitrogen and oxygen atoms in total. The fourth-order valence-corrected chi connectivity index (χ4v) is 11.5. The highest BCUT2D eigenvalue weighted by molar-refractivity contribution is 7.22. The Morgan fingerprint density at radius 1 is 0.743 bits per heavy atom. The van der Waals surface area contributed by atoms with Crippen molar-refractivity contribution in [2.45, 2.75) is 128 Å². The number of rotatable bonds is 26. The number of esters is 3. The number of hydrazone groups is 1. The number of unbranched alkanes of at least 4 members (excludes halogenated alkanes) is 3. The zero-order valence-corrected chi connectivity index (χ0v) is 42.4. The van der Waals surface area contributed by atoms with Gasteiger partial charge in [-0.25, -0.2) is 14.8 Å². The molecule has 0 N–H and O–H groups in total. The topological polar surface area (TPSA) is 135 Å². The van der Waals surface area contributed by atoms with Crippen molar-refractivity contribution in [1.82, 2.24) is 4.98 Å². The van der Waals surface area contributed by atoms with Crippen molar-refractivity contribution in [3.05, 3.63) is 90.5 Å². The summed E-state index contributed by atoms with van der Waals surface area (Å²) in [5, 5.41) is 7.65. The Kier molecular flexibility index (Phi) is 21.1. The van der Waals surface area contributed by atoms with Crippen LogP contribution < -0.4 is 19.2 Å². The Hall–Kier alpha value is -5.11. The van der Waals surface area contributed by atoms with Gasteiger partial charge in [0.2, 0.25) is 5.13 Å². The molecule has 7 rings (SSSR count). The van der Waals surface area contributed by atoms with Crippen LogP contribution in [-0.4, -0.2) is 75.8 Å². The van der Waals surface area contributed by atoms with Crippen LogP contribution in [0.2, 0.25) is 0 Å². The molecule has 0 aliphatic heterocycles. The second kappa shape index (κ2) is 28.1. The predicted molar refractivity (Wildman–Crippen MR) is 277 cm³/mol. The van der Waals surface area contributed by atoms with Gasteiger partial charge in [0.05, 0.1) is 67.8 Å². The third-order valence-electron chi connectivity index (χ3n) is 14.6. The van der Waals surface area contributed by atoms with Gasteiger partial charge in [-0.05, 0) is 168 Å². The number of aromatic nitrogens is 1. The standard InChI is InChI=1S/C57H75N3O9S/c1-4-12-41-15-17-42(18-16-41)43-19-21-44(22-20-43)47-27-32-52(48(39-47)40-58-60(33-36-65-38-37-64-3)57-59-51-13-8-9-14-53(51)70-57)69-56(63)46-25-23-45(24-26-46)55(62)68-50-30-28-49(29-31-50)66-34-10-6-7-11-35-67-54(61)5-2/h5,8-9,13-14,27-32,39-46H,2,4,6-7,10-12,15-26,33-38H2,1,3H3/b58-40+. The lowest BCUT2D eigenvalue weighted by Gasteiger charge is -2.38. The highest BCUT2D eigenvalue weighted by Gasteiger charge is 2.34. The molecule has 0 amide bonds. The maximum atomic E-state index is 14.0. The summed E-state index contributed by atoms with van der Waals surface area (Å²) in [5.74, 6) is 3.09. The largest absolute Gasteiger partial charge is 0.494 e. The first kappa shape index (κ1) is 52.7. The second-order valence-corrected chi connectivity index (χ2v) is 20.4. The van der Waals surface area contributed by atoms with Gasteiger partial charge in [0, 0.05) is 18.7 Å². The van der Waals surface area contributed by atoms with Crippen LogP contribution in [0.15, 0.2) is 84.5 Å². The van der Waals surface area contributed by atoms with Crippen molar-refractivity contribution in [3.8, 4) is 17.2 Å². The molecule has 4 aromatic rings. The first-order chi connectivity index (χ1) is 34.3. The third kappa shape index (κ3) is 16.0. The number of para-hydroxylation sites is 1. The van der Waals surface area contributed by atoms with Crippen molar-refractivity contribution in [2.75, 3.05) is 51.7 Å². The normalized spacial score (nSPS) is 21.6. The van der Waals surface area contributed by atoms with Crippen molar-refractivity contribution in [3.63, 3.8) is 0 Å². The zero-order chi connectivity index (χ0) is 48.9. The van der Waals surface area contributed by atoms with E-state index in [9.17, 15) is 14.4 Å². The number of nitrogens with zero attached hydrogens (tertiary/aromatic N) is 3. The summed E-state index contributed by atoms with van der Waals surface area (Å²) in [6.07, 6.45) is 21.8. The minimum atomic E-state index is -0.394. The van der Waals surface area contributed by atoms with E-state index >= 15 is 0 Å². The first-order valence-corrected chi connectivity index (χ1v) is 26.9. The van der Waals surface area contributed by atoms with Crippen molar-refractivity contribution in [2.24, 2.45) is 34.7 Å². The summed E-state index contributed by atoms with van der Waals surface area (Å²) in [6, 6.07) is 21.5. The molecule has 0 spiro atoms. The summed E-state index contributed by atoms with van der Waals surface area (Å²) in [6.45, 7) is 8.58. The minimum absolute atomic E-state index is 0.288. The Balaban J connectivity index is 0.954. The van der Waals surface area contributed by atoms with Crippen LogP contribution in [0.3, 0.4) is 0 Å². The van der Waals surface area contributed by atoms with Crippen LogP contribution in [-0.2, 0) is 28.6 Å². The van der Waals surface area contributed by atoms with E-state index in [-0.39, 0.29) is 23.8 Å². The van der Waals surface area contributed by atoms with Crippen LogP contribution in [0.1, 0.15) is 140 Å². The molecule has 378 valence electrons. The van der Waals surface area contributed by atoms with Gasteiger partial charge < -0.3 is 28.4 Å². The van der Waals surface area contributed by atoms with Gasteiger partial charge in [0.1, 0.15) is 17.2 Å². The van der Waals surface area contributed by atoms with Gasteiger partial charge in [0.25, 0.3) is 0 Å². The highest BCUT2D eigenvalue weighted by Crippen LogP contribution is 2.45. The number of ether oxygens (including phenoxy) is 6. The van der Waals surface area contributed by atoms with E-state index in [0.717, 1.165) is 64.3 Å². The molecule has 3 aliphatic rings. The molecule has 0 saturated heterocycles. The molecule has 3 aliphatic carbocycles. The number of thiazole rings is 1. The van der Waals surface area contributed by atoms with Crippen LogP contribution in [0.25, 0.3) is 10.2 Å². The van der Waals surface area contributed by atoms with Crippen LogP contribution >= 0.6 is 11.3 Å². The highest BCUT2D eigenvalue weighted by atomic mass is 32.1. The lowest BCUT2D eigenvalue weighted by Crippen LogP contribution is -2.30. The maximum Gasteiger partial charge on any atom is 0.330 e. The number of carbonyl (C=O) groups is 3. The molecule has 3 fully saturated rings. The van der Waals surface area contributed by atoms with E-state index < -0.39 is 5.97 Å². The lowest BCUT2D eigenvalue weighted by molar-refractivity contribution is -0.145. The number of hydrogen-bond acceptors (Lipinski definition) is 13. The van der Waals surface area contributed by atoms with Gasteiger partial charge in [0.15, 0.2) is 0 Å². The molecular weight excluding hydrogens is 903 g/mol. The Morgan fingerprint density at radius 2 is 1.41 bits per heavy atom. The number of benzene rings is 3. The van der Waals surface area contributed by atoms with Gasteiger partial charge >= 0.3 is 17.9 Å². The molecule has 0 unspecified atom stereocenters. The second-order valence-electron chi connectivity index (χ2n) is 19.4. The number of hydrogen-bond donors (Lipinski definition) is 0. The molecule has 70 heavy (non-hydrogen) atoms. The van der Waals surface area contributed by atoms with Crippen molar-refractivity contribution < 1.29 is 42.8 Å². The average molecular weight is 978 g/mol. The summed E-state index contributed by atoms with van der Waals surface area (Å²) in [7, 11) is 1.66. The average Bonchev–Trinajstić information content (AvgIpc) is 3.83. The van der Waals surface area contributed by atoms with E-state index in [0.29, 0.717) is 88.4 Å². The summed E-state index contributed by atoms with van der Waals surface area (Å²) >= 11 is 1.58. The number of fused-ring (bicyclic) bond motifs is 1. The molecule has 0 bridgehead atoms. The Morgan fingerprint density at radius 3 is 2.10 bits per heavy atom. The van der Waals surface area contributed by atoms with Gasteiger partial charge in [-0.3, -0.25) is 9.59 Å². The van der Waals surface area contributed by atoms with Crippen molar-refractivity contribution in [1.29, 1.82) is 0 Å². The molecule has 0 atom stereocenters. The lowest BCUT2D eigenvalue weighted by atomic mass is 9.68. The first-order valence-electron chi connectivity index (χ1n) is 26.1. The van der Waals surface area contributed by atoms with E-state index in [1.807, 2.05) is 35.5 Å². The fourth-order valence-electron chi connectivity index (χ4n) is 10.5. The molecule has 3 aromatic carbocycles. The molecular formula is C57H75N3O9S. The smallest absolute Gasteiger partial charge is 0.330 e. The fraction of sp³-hybridized carbons (Fsp3) is 0.561. The number of carbonyl (C=O) groups excluding carboxylic acids is 3. The summed E-state index contributed by atoms with van der Waals surface area (Å²) < 4.78 is 35.1. The van der Waals surface area contributed by atoms with E-state index in [4.69, 9.17) is 38.5 Å². The molecule has 13 heteroatoms. The molecule has 1 aromatic heterocycles. The maximum absolute atomic E-state index is 14.0. The zero-order valence-electron chi connectivity index (χ0n) is 41.6. The minimum Gasteiger partial charge on any atom is -0.494 e. The van der Waals surface area contributed by atoms with E-state index in [2.05, 4.69) is 31.7 Å². The summed E-state index contributed by atoms with van der Waals surface area (Å²) in [4.78, 5) is 43.3. The van der Waals surface area contributed by atoms with Gasteiger partial charge in [-0.2, -0.15) is 5.10 Å². The van der Waals surface area contributed by atoms with Gasteiger partial charge in [-0.15, -0.1) is 0 Å². The Bertz CT molecular complexity index is 2240. The quantitative estimate of drug-likeness (QED) is 0.0149. The van der Waals surface area contributed by atoms with E-state index in [1.54, 1.807) is 42.7 Å². The van der Waals surface area contributed by atoms with Crippen LogP contribution in [0.4, 0.5) is 5.13 Å².